The molecule has 5 amide bonds. The Kier molecular flexibility index (Phi) is 11.1. The van der Waals surface area contributed by atoms with Gasteiger partial charge in [0.05, 0.1) is 47.8 Å². The number of piperidine rings is 1. The molecule has 0 radical (unpaired) electrons. The molecule has 4 fully saturated rings. The number of hydrogen-bond acceptors (Lipinski definition) is 12. The number of halogens is 2. The van der Waals surface area contributed by atoms with E-state index in [1.807, 2.05) is 6.07 Å². The van der Waals surface area contributed by atoms with E-state index in [0.29, 0.717) is 43.4 Å². The SMILES string of the molecule is O=C1CCC(N2C(=O)c3cccc(NCCc4ccc(CNC[C@H]5CC[C@H](n6cc(NC(=O)c7cnn8ccc(N9C[C@H]%10C[C@@H]9CO%10)nc78)c(C(F)F)n6)CC5)cc4)c3C2=O)C(=O)N1. The fourth-order valence-electron chi connectivity index (χ4n) is 9.76. The molecule has 3 atom stereocenters. The van der Waals surface area contributed by atoms with E-state index in [4.69, 9.17) is 9.72 Å². The number of anilines is 3. The van der Waals surface area contributed by atoms with Crippen LogP contribution < -0.4 is 26.2 Å². The van der Waals surface area contributed by atoms with E-state index in [9.17, 15) is 32.8 Å². The number of morpholine rings is 1. The number of ether oxygens (including phenoxy) is 1. The number of aromatic nitrogens is 5. The molecule has 1 unspecified atom stereocenters. The van der Waals surface area contributed by atoms with Gasteiger partial charge in [0.2, 0.25) is 11.8 Å². The van der Waals surface area contributed by atoms with E-state index in [-0.39, 0.29) is 53.4 Å². The number of carbonyl (C=O) groups is 5. The number of nitrogens with zero attached hydrogens (tertiary/aromatic N) is 7. The van der Waals surface area contributed by atoms with E-state index in [0.717, 1.165) is 67.0 Å². The summed E-state index contributed by atoms with van der Waals surface area (Å²) >= 11 is 0. The van der Waals surface area contributed by atoms with E-state index in [1.165, 1.54) is 16.9 Å². The second-order valence-corrected chi connectivity index (χ2v) is 17.2. The highest BCUT2D eigenvalue weighted by Crippen LogP contribution is 2.36. The molecule has 2 aromatic carbocycles. The molecule has 4 aliphatic heterocycles. The Balaban J connectivity index is 0.683. The van der Waals surface area contributed by atoms with Crippen LogP contribution in [0.1, 0.15) is 105 Å². The first-order chi connectivity index (χ1) is 31.1. The van der Waals surface area contributed by atoms with Crippen molar-refractivity contribution in [2.45, 2.75) is 88.6 Å². The molecule has 1 aliphatic carbocycles. The molecule has 3 aromatic heterocycles. The van der Waals surface area contributed by atoms with Gasteiger partial charge in [0.25, 0.3) is 24.1 Å². The van der Waals surface area contributed by atoms with Crippen molar-refractivity contribution < 1.29 is 37.5 Å². The van der Waals surface area contributed by atoms with Crippen molar-refractivity contribution >= 4 is 52.4 Å². The lowest BCUT2D eigenvalue weighted by Crippen LogP contribution is -2.54. The molecule has 7 heterocycles. The topological polar surface area (TPSA) is 197 Å². The number of rotatable bonds is 14. The molecular formula is C45H47F2N11O6. The number of alkyl halides is 2. The molecule has 2 bridgehead atoms. The third-order valence-corrected chi connectivity index (χ3v) is 13.2. The lowest BCUT2D eigenvalue weighted by Gasteiger charge is -2.29. The number of amides is 5. The molecule has 4 N–H and O–H groups in total. The van der Waals surface area contributed by atoms with Crippen LogP contribution in [0.2, 0.25) is 0 Å². The van der Waals surface area contributed by atoms with Crippen LogP contribution in [0.15, 0.2) is 67.1 Å². The van der Waals surface area contributed by atoms with Gasteiger partial charge >= 0.3 is 0 Å². The van der Waals surface area contributed by atoms with E-state index in [1.54, 1.807) is 29.1 Å². The van der Waals surface area contributed by atoms with Crippen LogP contribution in [0.5, 0.6) is 0 Å². The summed E-state index contributed by atoms with van der Waals surface area (Å²) in [6.45, 7) is 3.37. The van der Waals surface area contributed by atoms with Crippen LogP contribution in [0, 0.1) is 5.92 Å². The van der Waals surface area contributed by atoms with Crippen LogP contribution in [0.3, 0.4) is 0 Å². The highest BCUT2D eigenvalue weighted by Gasteiger charge is 2.46. The number of benzene rings is 2. The summed E-state index contributed by atoms with van der Waals surface area (Å²) in [5, 5.41) is 20.3. The predicted molar refractivity (Wildman–Crippen MR) is 228 cm³/mol. The summed E-state index contributed by atoms with van der Waals surface area (Å²) in [6.07, 6.45) is 7.06. The van der Waals surface area contributed by atoms with Crippen molar-refractivity contribution in [2.24, 2.45) is 5.92 Å². The van der Waals surface area contributed by atoms with Gasteiger partial charge in [-0.15, -0.1) is 0 Å². The Labute approximate surface area is 365 Å². The zero-order valence-corrected chi connectivity index (χ0v) is 34.8. The molecule has 17 nitrogen and oxygen atoms in total. The zero-order chi connectivity index (χ0) is 44.1. The predicted octanol–water partition coefficient (Wildman–Crippen LogP) is 4.67. The van der Waals surface area contributed by atoms with Crippen molar-refractivity contribution in [3.8, 4) is 0 Å². The van der Waals surface area contributed by atoms with Gasteiger partial charge in [0, 0.05) is 44.1 Å². The second-order valence-electron chi connectivity index (χ2n) is 17.2. The van der Waals surface area contributed by atoms with E-state index < -0.39 is 47.7 Å². The van der Waals surface area contributed by atoms with Crippen LogP contribution in [-0.2, 0) is 27.3 Å². The Morgan fingerprint density at radius 3 is 2.50 bits per heavy atom. The summed E-state index contributed by atoms with van der Waals surface area (Å²) in [5.74, 6) is -1.59. The minimum atomic E-state index is -2.87. The Hall–Kier alpha value is -6.60. The average Bonchev–Trinajstić information content (AvgIpc) is 4.15. The van der Waals surface area contributed by atoms with Gasteiger partial charge < -0.3 is 25.6 Å². The van der Waals surface area contributed by atoms with E-state index in [2.05, 4.69) is 60.6 Å². The third-order valence-electron chi connectivity index (χ3n) is 13.2. The zero-order valence-electron chi connectivity index (χ0n) is 34.8. The molecule has 10 rings (SSSR count). The Bertz CT molecular complexity index is 2640. The highest BCUT2D eigenvalue weighted by molar-refractivity contribution is 6.25. The number of nitrogens with one attached hydrogen (secondary N) is 4. The summed E-state index contributed by atoms with van der Waals surface area (Å²) in [6, 6.07) is 14.3. The maximum absolute atomic E-state index is 14.3. The van der Waals surface area contributed by atoms with Gasteiger partial charge in [0.1, 0.15) is 17.4 Å². The minimum Gasteiger partial charge on any atom is -0.384 e. The van der Waals surface area contributed by atoms with Gasteiger partial charge in [-0.25, -0.2) is 18.3 Å². The van der Waals surface area contributed by atoms with Crippen LogP contribution in [-0.4, -0.2) is 103 Å². The van der Waals surface area contributed by atoms with Gasteiger partial charge in [-0.1, -0.05) is 30.3 Å². The molecule has 0 spiro atoms. The van der Waals surface area contributed by atoms with Gasteiger partial charge in [-0.3, -0.25) is 38.9 Å². The minimum absolute atomic E-state index is 0.0239. The quantitative estimate of drug-likeness (QED) is 0.113. The normalized spacial score (nSPS) is 23.1. The van der Waals surface area contributed by atoms with Crippen molar-refractivity contribution in [2.75, 3.05) is 41.8 Å². The fraction of sp³-hybridized carbons (Fsp3) is 0.422. The fourth-order valence-corrected chi connectivity index (χ4v) is 9.76. The smallest absolute Gasteiger partial charge is 0.284 e. The Morgan fingerprint density at radius 1 is 0.938 bits per heavy atom. The average molecular weight is 876 g/mol. The maximum atomic E-state index is 14.3. The molecule has 332 valence electrons. The number of carbonyl (C=O) groups excluding carboxylic acids is 5. The van der Waals surface area contributed by atoms with Crippen molar-refractivity contribution in [1.29, 1.82) is 0 Å². The first-order valence-corrected chi connectivity index (χ1v) is 21.9. The highest BCUT2D eigenvalue weighted by atomic mass is 19.3. The van der Waals surface area contributed by atoms with Crippen LogP contribution in [0.4, 0.5) is 26.0 Å². The van der Waals surface area contributed by atoms with Crippen molar-refractivity contribution in [3.63, 3.8) is 0 Å². The standard InChI is InChI=1S/C45H47F2N11O6/c46-40(47)39-34(51-42(60)32-21-50-56-17-15-36(52-41(32)56)55-22-30-18-29(55)24-64-30)23-57(54-39)28-10-8-27(9-11-28)20-48-19-26-6-4-25(5-7-26)14-16-49-33-3-1-2-31-38(33)45(63)58(44(31)62)35-12-13-37(59)53-43(35)61/h1-7,15,17,21,23,27-30,35,40,48-49H,8-14,16,18-20,22,24H2,(H,51,60)(H,53,59,61)/t27-,28-,29-,30-,35?/m1/s1. The van der Waals surface area contributed by atoms with Crippen molar-refractivity contribution in [3.05, 3.63) is 101 Å². The molecule has 3 saturated heterocycles. The number of imide groups is 2. The largest absolute Gasteiger partial charge is 0.384 e. The first kappa shape index (κ1) is 41.4. The number of hydrogen-bond donors (Lipinski definition) is 4. The van der Waals surface area contributed by atoms with Crippen molar-refractivity contribution in [1.82, 2.24) is 39.9 Å². The summed E-state index contributed by atoms with van der Waals surface area (Å²) in [5.41, 5.74) is 3.24. The van der Waals surface area contributed by atoms with Crippen LogP contribution >= 0.6 is 0 Å². The van der Waals surface area contributed by atoms with Crippen LogP contribution in [0.25, 0.3) is 5.65 Å². The molecule has 1 saturated carbocycles. The Morgan fingerprint density at radius 2 is 1.75 bits per heavy atom. The second kappa shape index (κ2) is 17.2. The summed E-state index contributed by atoms with van der Waals surface area (Å²) < 4.78 is 37.3. The molecule has 64 heavy (non-hydrogen) atoms. The summed E-state index contributed by atoms with van der Waals surface area (Å²) in [7, 11) is 0. The van der Waals surface area contributed by atoms with Gasteiger partial charge in [-0.05, 0) is 86.7 Å². The monoisotopic (exact) mass is 875 g/mol. The lowest BCUT2D eigenvalue weighted by atomic mass is 9.86. The molecule has 5 aromatic rings. The molecule has 19 heteroatoms. The number of fused-ring (bicyclic) bond motifs is 4. The molecular weight excluding hydrogens is 829 g/mol. The van der Waals surface area contributed by atoms with Gasteiger partial charge in [-0.2, -0.15) is 10.2 Å². The van der Waals surface area contributed by atoms with E-state index >= 15 is 0 Å². The lowest BCUT2D eigenvalue weighted by molar-refractivity contribution is -0.136. The third kappa shape index (κ3) is 7.97. The van der Waals surface area contributed by atoms with Gasteiger partial charge in [0.15, 0.2) is 11.3 Å². The first-order valence-electron chi connectivity index (χ1n) is 21.9. The maximum Gasteiger partial charge on any atom is 0.284 e. The summed E-state index contributed by atoms with van der Waals surface area (Å²) in [4.78, 5) is 72.0. The molecule has 5 aliphatic rings.